The predicted octanol–water partition coefficient (Wildman–Crippen LogP) is 2.72. The van der Waals surface area contributed by atoms with Crippen LogP contribution in [0.3, 0.4) is 0 Å². The SMILES string of the molecule is COC1CC(Nc2cc(C)ccc2F)C1. The average Bonchev–Trinajstić information content (AvgIpc) is 2.16. The molecule has 2 nitrogen and oxygen atoms in total. The van der Waals surface area contributed by atoms with E-state index in [2.05, 4.69) is 5.32 Å². The monoisotopic (exact) mass is 209 g/mol. The molecule has 0 aliphatic heterocycles. The van der Waals surface area contributed by atoms with Crippen molar-refractivity contribution in [1.29, 1.82) is 0 Å². The van der Waals surface area contributed by atoms with Crippen LogP contribution in [0.25, 0.3) is 0 Å². The van der Waals surface area contributed by atoms with Gasteiger partial charge in [-0.05, 0) is 37.5 Å². The van der Waals surface area contributed by atoms with E-state index >= 15 is 0 Å². The van der Waals surface area contributed by atoms with Crippen LogP contribution in [0.5, 0.6) is 0 Å². The van der Waals surface area contributed by atoms with Crippen LogP contribution < -0.4 is 5.32 Å². The third kappa shape index (κ3) is 2.29. The van der Waals surface area contributed by atoms with Gasteiger partial charge in [-0.1, -0.05) is 6.07 Å². The Morgan fingerprint density at radius 1 is 1.40 bits per heavy atom. The number of anilines is 1. The fraction of sp³-hybridized carbons (Fsp3) is 0.500. The molecular formula is C12H16FNO. The molecule has 0 unspecified atom stereocenters. The largest absolute Gasteiger partial charge is 0.381 e. The molecule has 0 spiro atoms. The zero-order chi connectivity index (χ0) is 10.8. The average molecular weight is 209 g/mol. The molecule has 1 fully saturated rings. The molecule has 1 aliphatic carbocycles. The Morgan fingerprint density at radius 3 is 2.80 bits per heavy atom. The van der Waals surface area contributed by atoms with E-state index in [1.165, 1.54) is 6.07 Å². The van der Waals surface area contributed by atoms with Crippen LogP contribution in [0, 0.1) is 12.7 Å². The molecule has 1 aromatic carbocycles. The van der Waals surface area contributed by atoms with Crippen molar-refractivity contribution in [2.24, 2.45) is 0 Å². The number of benzene rings is 1. The number of hydrogen-bond donors (Lipinski definition) is 1. The summed E-state index contributed by atoms with van der Waals surface area (Å²) in [6.45, 7) is 1.96. The molecule has 1 aliphatic rings. The molecule has 1 aromatic rings. The van der Waals surface area contributed by atoms with Crippen molar-refractivity contribution >= 4 is 5.69 Å². The number of nitrogens with one attached hydrogen (secondary N) is 1. The molecule has 0 heterocycles. The molecule has 0 aromatic heterocycles. The van der Waals surface area contributed by atoms with Crippen LogP contribution in [0.1, 0.15) is 18.4 Å². The minimum Gasteiger partial charge on any atom is -0.381 e. The lowest BCUT2D eigenvalue weighted by molar-refractivity contribution is 0.0328. The van der Waals surface area contributed by atoms with E-state index in [1.54, 1.807) is 13.2 Å². The second kappa shape index (κ2) is 4.19. The highest BCUT2D eigenvalue weighted by molar-refractivity contribution is 5.48. The number of aryl methyl sites for hydroxylation is 1. The van der Waals surface area contributed by atoms with Crippen LogP contribution in [0.15, 0.2) is 18.2 Å². The minimum absolute atomic E-state index is 0.179. The maximum absolute atomic E-state index is 13.4. The Kier molecular flexibility index (Phi) is 2.91. The maximum atomic E-state index is 13.4. The van der Waals surface area contributed by atoms with Crippen molar-refractivity contribution in [3.8, 4) is 0 Å². The zero-order valence-electron chi connectivity index (χ0n) is 9.09. The van der Waals surface area contributed by atoms with Crippen LogP contribution in [-0.4, -0.2) is 19.3 Å². The first kappa shape index (κ1) is 10.4. The van der Waals surface area contributed by atoms with E-state index in [9.17, 15) is 4.39 Å². The molecule has 0 amide bonds. The fourth-order valence-corrected chi connectivity index (χ4v) is 1.85. The van der Waals surface area contributed by atoms with Gasteiger partial charge in [0, 0.05) is 13.2 Å². The maximum Gasteiger partial charge on any atom is 0.146 e. The molecule has 82 valence electrons. The molecule has 0 radical (unpaired) electrons. The van der Waals surface area contributed by atoms with Gasteiger partial charge in [-0.15, -0.1) is 0 Å². The number of halogens is 1. The Morgan fingerprint density at radius 2 is 2.13 bits per heavy atom. The first-order valence-corrected chi connectivity index (χ1v) is 5.24. The van der Waals surface area contributed by atoms with E-state index in [4.69, 9.17) is 4.74 Å². The minimum atomic E-state index is -0.179. The van der Waals surface area contributed by atoms with Gasteiger partial charge in [-0.25, -0.2) is 4.39 Å². The highest BCUT2D eigenvalue weighted by Crippen LogP contribution is 2.27. The molecule has 0 saturated heterocycles. The summed E-state index contributed by atoms with van der Waals surface area (Å²) in [5.41, 5.74) is 1.68. The first-order chi connectivity index (χ1) is 7.19. The lowest BCUT2D eigenvalue weighted by Gasteiger charge is -2.35. The van der Waals surface area contributed by atoms with Gasteiger partial charge in [0.1, 0.15) is 5.82 Å². The van der Waals surface area contributed by atoms with Crippen LogP contribution in [0.2, 0.25) is 0 Å². The molecule has 1 N–H and O–H groups in total. The number of hydrogen-bond acceptors (Lipinski definition) is 2. The second-order valence-electron chi connectivity index (χ2n) is 4.15. The molecule has 2 rings (SSSR count). The Bertz CT molecular complexity index is 347. The van der Waals surface area contributed by atoms with Gasteiger partial charge in [-0.2, -0.15) is 0 Å². The summed E-state index contributed by atoms with van der Waals surface area (Å²) in [4.78, 5) is 0. The summed E-state index contributed by atoms with van der Waals surface area (Å²) >= 11 is 0. The Hall–Kier alpha value is -1.09. The summed E-state index contributed by atoms with van der Waals surface area (Å²) in [7, 11) is 1.72. The van der Waals surface area contributed by atoms with Crippen molar-refractivity contribution in [3.05, 3.63) is 29.6 Å². The van der Waals surface area contributed by atoms with E-state index < -0.39 is 0 Å². The summed E-state index contributed by atoms with van der Waals surface area (Å²) < 4.78 is 18.5. The van der Waals surface area contributed by atoms with E-state index in [0.29, 0.717) is 17.8 Å². The zero-order valence-corrected chi connectivity index (χ0v) is 9.09. The number of ether oxygens (including phenoxy) is 1. The molecule has 0 bridgehead atoms. The molecule has 15 heavy (non-hydrogen) atoms. The standard InChI is InChI=1S/C12H16FNO/c1-8-3-4-11(13)12(5-8)14-9-6-10(7-9)15-2/h3-5,9-10,14H,6-7H2,1-2H3. The van der Waals surface area contributed by atoms with Gasteiger partial charge >= 0.3 is 0 Å². The second-order valence-corrected chi connectivity index (χ2v) is 4.15. The van der Waals surface area contributed by atoms with Crippen LogP contribution in [-0.2, 0) is 4.74 Å². The molecular weight excluding hydrogens is 193 g/mol. The normalized spacial score (nSPS) is 24.7. The number of rotatable bonds is 3. The van der Waals surface area contributed by atoms with Gasteiger partial charge in [0.05, 0.1) is 11.8 Å². The lowest BCUT2D eigenvalue weighted by Crippen LogP contribution is -2.40. The Balaban J connectivity index is 1.97. The Labute approximate surface area is 89.4 Å². The van der Waals surface area contributed by atoms with Crippen molar-refractivity contribution in [1.82, 2.24) is 0 Å². The topological polar surface area (TPSA) is 21.3 Å². The molecule has 1 saturated carbocycles. The third-order valence-corrected chi connectivity index (χ3v) is 2.91. The van der Waals surface area contributed by atoms with Crippen molar-refractivity contribution < 1.29 is 9.13 Å². The van der Waals surface area contributed by atoms with E-state index in [0.717, 1.165) is 18.4 Å². The molecule has 3 heteroatoms. The van der Waals surface area contributed by atoms with Crippen molar-refractivity contribution in [2.75, 3.05) is 12.4 Å². The lowest BCUT2D eigenvalue weighted by atomic mass is 9.89. The van der Waals surface area contributed by atoms with Gasteiger partial charge in [0.2, 0.25) is 0 Å². The van der Waals surface area contributed by atoms with Gasteiger partial charge in [0.25, 0.3) is 0 Å². The van der Waals surface area contributed by atoms with Gasteiger partial charge in [0.15, 0.2) is 0 Å². The van der Waals surface area contributed by atoms with Crippen molar-refractivity contribution in [2.45, 2.75) is 31.9 Å². The first-order valence-electron chi connectivity index (χ1n) is 5.24. The van der Waals surface area contributed by atoms with Crippen LogP contribution >= 0.6 is 0 Å². The van der Waals surface area contributed by atoms with E-state index in [-0.39, 0.29) is 5.82 Å². The summed E-state index contributed by atoms with van der Waals surface area (Å²) in [6, 6.07) is 5.48. The highest BCUT2D eigenvalue weighted by atomic mass is 19.1. The quantitative estimate of drug-likeness (QED) is 0.826. The summed E-state index contributed by atoms with van der Waals surface area (Å²) in [5, 5.41) is 3.20. The highest BCUT2D eigenvalue weighted by Gasteiger charge is 2.29. The van der Waals surface area contributed by atoms with E-state index in [1.807, 2.05) is 13.0 Å². The summed E-state index contributed by atoms with van der Waals surface area (Å²) in [6.07, 6.45) is 2.27. The molecule has 0 atom stereocenters. The van der Waals surface area contributed by atoms with Crippen molar-refractivity contribution in [3.63, 3.8) is 0 Å². The van der Waals surface area contributed by atoms with Crippen LogP contribution in [0.4, 0.5) is 10.1 Å². The smallest absolute Gasteiger partial charge is 0.146 e. The third-order valence-electron chi connectivity index (χ3n) is 2.91. The number of methoxy groups -OCH3 is 1. The summed E-state index contributed by atoms with van der Waals surface area (Å²) in [5.74, 6) is -0.179. The fourth-order valence-electron chi connectivity index (χ4n) is 1.85. The predicted molar refractivity (Wildman–Crippen MR) is 58.6 cm³/mol. The van der Waals surface area contributed by atoms with Gasteiger partial charge in [-0.3, -0.25) is 0 Å². The van der Waals surface area contributed by atoms with Gasteiger partial charge < -0.3 is 10.1 Å².